The summed E-state index contributed by atoms with van der Waals surface area (Å²) in [5.74, 6) is 1.27. The van der Waals surface area contributed by atoms with E-state index in [1.807, 2.05) is 30.3 Å². The lowest BCUT2D eigenvalue weighted by molar-refractivity contribution is 0.0982. The molecule has 0 N–H and O–H groups in total. The molecule has 1 aromatic heterocycles. The van der Waals surface area contributed by atoms with Gasteiger partial charge in [-0.1, -0.05) is 18.2 Å². The Kier molecular flexibility index (Phi) is 4.75. The van der Waals surface area contributed by atoms with Crippen molar-refractivity contribution in [3.8, 4) is 11.5 Å². The molecule has 0 bridgehead atoms. The maximum atomic E-state index is 12.5. The van der Waals surface area contributed by atoms with Gasteiger partial charge in [-0.3, -0.25) is 9.78 Å². The molecule has 3 aromatic rings. The number of carbonyl (C=O) groups is 1. The van der Waals surface area contributed by atoms with Gasteiger partial charge in [0.15, 0.2) is 17.3 Å². The van der Waals surface area contributed by atoms with Crippen LogP contribution >= 0.6 is 0 Å². The molecule has 24 heavy (non-hydrogen) atoms. The SMILES string of the molecule is COc1ccc(C(=O)CCc2ccnc3ccccc23)cc1OC. The van der Waals surface area contributed by atoms with Gasteiger partial charge in [0.05, 0.1) is 19.7 Å². The molecule has 2 aromatic carbocycles. The summed E-state index contributed by atoms with van der Waals surface area (Å²) in [7, 11) is 3.14. The zero-order chi connectivity index (χ0) is 16.9. The van der Waals surface area contributed by atoms with Gasteiger partial charge in [0.1, 0.15) is 0 Å². The monoisotopic (exact) mass is 321 g/mol. The smallest absolute Gasteiger partial charge is 0.163 e. The highest BCUT2D eigenvalue weighted by molar-refractivity contribution is 5.97. The van der Waals surface area contributed by atoms with E-state index in [1.54, 1.807) is 38.6 Å². The molecule has 0 spiro atoms. The second kappa shape index (κ2) is 7.13. The molecule has 0 aliphatic carbocycles. The fourth-order valence-electron chi connectivity index (χ4n) is 2.78. The summed E-state index contributed by atoms with van der Waals surface area (Å²) in [5.41, 5.74) is 2.72. The Labute approximate surface area is 141 Å². The maximum absolute atomic E-state index is 12.5. The molecular formula is C20H19NO3. The Morgan fingerprint density at radius 1 is 1.00 bits per heavy atom. The number of nitrogens with zero attached hydrogens (tertiary/aromatic N) is 1. The van der Waals surface area contributed by atoms with Gasteiger partial charge < -0.3 is 9.47 Å². The number of fused-ring (bicyclic) bond motifs is 1. The summed E-state index contributed by atoms with van der Waals surface area (Å²) >= 11 is 0. The van der Waals surface area contributed by atoms with Crippen molar-refractivity contribution in [3.63, 3.8) is 0 Å². The lowest BCUT2D eigenvalue weighted by Crippen LogP contribution is -2.03. The van der Waals surface area contributed by atoms with E-state index in [9.17, 15) is 4.79 Å². The van der Waals surface area contributed by atoms with E-state index in [4.69, 9.17) is 9.47 Å². The van der Waals surface area contributed by atoms with E-state index in [0.29, 0.717) is 29.9 Å². The first-order valence-corrected chi connectivity index (χ1v) is 7.81. The number of para-hydroxylation sites is 1. The van der Waals surface area contributed by atoms with Crippen LogP contribution in [0.4, 0.5) is 0 Å². The third kappa shape index (κ3) is 3.23. The topological polar surface area (TPSA) is 48.4 Å². The predicted octanol–water partition coefficient (Wildman–Crippen LogP) is 4.07. The molecule has 122 valence electrons. The number of aryl methyl sites for hydroxylation is 1. The van der Waals surface area contributed by atoms with Gasteiger partial charge >= 0.3 is 0 Å². The van der Waals surface area contributed by atoms with Crippen LogP contribution in [0.1, 0.15) is 22.3 Å². The Hall–Kier alpha value is -2.88. The number of aromatic nitrogens is 1. The second-order valence-corrected chi connectivity index (χ2v) is 5.48. The molecule has 0 aliphatic rings. The molecule has 0 unspecified atom stereocenters. The van der Waals surface area contributed by atoms with Crippen LogP contribution in [0.5, 0.6) is 11.5 Å². The summed E-state index contributed by atoms with van der Waals surface area (Å²) in [6, 6.07) is 15.2. The highest BCUT2D eigenvalue weighted by Gasteiger charge is 2.12. The number of Topliss-reactive ketones (excluding diaryl/α,β-unsaturated/α-hetero) is 1. The van der Waals surface area contributed by atoms with Crippen molar-refractivity contribution in [2.24, 2.45) is 0 Å². The summed E-state index contributed by atoms with van der Waals surface area (Å²) in [4.78, 5) is 16.9. The first-order chi connectivity index (χ1) is 11.7. The minimum absolute atomic E-state index is 0.0804. The van der Waals surface area contributed by atoms with Crippen molar-refractivity contribution in [1.82, 2.24) is 4.98 Å². The van der Waals surface area contributed by atoms with Crippen LogP contribution in [0.2, 0.25) is 0 Å². The van der Waals surface area contributed by atoms with E-state index in [-0.39, 0.29) is 5.78 Å². The van der Waals surface area contributed by atoms with Crippen LogP contribution in [0, 0.1) is 0 Å². The average molecular weight is 321 g/mol. The standard InChI is InChI=1S/C20H19NO3/c1-23-19-10-8-15(13-20(19)24-2)18(22)9-7-14-11-12-21-17-6-4-3-5-16(14)17/h3-6,8,10-13H,7,9H2,1-2H3. The number of rotatable bonds is 6. The van der Waals surface area contributed by atoms with E-state index in [1.165, 1.54) is 0 Å². The average Bonchev–Trinajstić information content (AvgIpc) is 2.65. The number of hydrogen-bond donors (Lipinski definition) is 0. The molecule has 1 heterocycles. The molecule has 3 rings (SSSR count). The number of benzene rings is 2. The molecule has 0 atom stereocenters. The van der Waals surface area contributed by atoms with Crippen LogP contribution in [-0.2, 0) is 6.42 Å². The number of ether oxygens (including phenoxy) is 2. The molecule has 0 fully saturated rings. The minimum atomic E-state index is 0.0804. The van der Waals surface area contributed by atoms with Gasteiger partial charge in [-0.05, 0) is 42.3 Å². The second-order valence-electron chi connectivity index (χ2n) is 5.48. The van der Waals surface area contributed by atoms with Crippen molar-refractivity contribution >= 4 is 16.7 Å². The Morgan fingerprint density at radius 2 is 1.79 bits per heavy atom. The Morgan fingerprint density at radius 3 is 2.58 bits per heavy atom. The van der Waals surface area contributed by atoms with Crippen LogP contribution in [-0.4, -0.2) is 25.0 Å². The Balaban J connectivity index is 1.78. The zero-order valence-electron chi connectivity index (χ0n) is 13.8. The number of methoxy groups -OCH3 is 2. The minimum Gasteiger partial charge on any atom is -0.493 e. The largest absolute Gasteiger partial charge is 0.493 e. The number of carbonyl (C=O) groups excluding carboxylic acids is 1. The van der Waals surface area contributed by atoms with E-state index in [0.717, 1.165) is 16.5 Å². The predicted molar refractivity (Wildman–Crippen MR) is 93.9 cm³/mol. The molecule has 4 nitrogen and oxygen atoms in total. The summed E-state index contributed by atoms with van der Waals surface area (Å²) in [5, 5.41) is 1.10. The van der Waals surface area contributed by atoms with Gasteiger partial charge in [-0.15, -0.1) is 0 Å². The van der Waals surface area contributed by atoms with Gasteiger partial charge in [0.25, 0.3) is 0 Å². The number of ketones is 1. The fourth-order valence-corrected chi connectivity index (χ4v) is 2.78. The maximum Gasteiger partial charge on any atom is 0.163 e. The molecular weight excluding hydrogens is 302 g/mol. The van der Waals surface area contributed by atoms with Crippen LogP contribution in [0.15, 0.2) is 54.7 Å². The van der Waals surface area contributed by atoms with Gasteiger partial charge in [-0.2, -0.15) is 0 Å². The molecule has 4 heteroatoms. The lowest BCUT2D eigenvalue weighted by atomic mass is 10.00. The van der Waals surface area contributed by atoms with E-state index < -0.39 is 0 Å². The highest BCUT2D eigenvalue weighted by Crippen LogP contribution is 2.28. The van der Waals surface area contributed by atoms with Crippen LogP contribution in [0.3, 0.4) is 0 Å². The van der Waals surface area contributed by atoms with Gasteiger partial charge in [0.2, 0.25) is 0 Å². The van der Waals surface area contributed by atoms with Crippen molar-refractivity contribution in [2.75, 3.05) is 14.2 Å². The van der Waals surface area contributed by atoms with Crippen molar-refractivity contribution < 1.29 is 14.3 Å². The van der Waals surface area contributed by atoms with Crippen LogP contribution in [0.25, 0.3) is 10.9 Å². The first-order valence-electron chi connectivity index (χ1n) is 7.81. The summed E-state index contributed by atoms with van der Waals surface area (Å²) in [6.45, 7) is 0. The van der Waals surface area contributed by atoms with E-state index >= 15 is 0 Å². The zero-order valence-corrected chi connectivity index (χ0v) is 13.8. The molecule has 0 saturated carbocycles. The molecule has 0 aliphatic heterocycles. The summed E-state index contributed by atoms with van der Waals surface area (Å²) < 4.78 is 10.5. The lowest BCUT2D eigenvalue weighted by Gasteiger charge is -2.09. The molecule has 0 radical (unpaired) electrons. The molecule has 0 saturated heterocycles. The van der Waals surface area contributed by atoms with Gasteiger partial charge in [0, 0.05) is 23.6 Å². The van der Waals surface area contributed by atoms with Crippen LogP contribution < -0.4 is 9.47 Å². The molecule has 0 amide bonds. The van der Waals surface area contributed by atoms with Gasteiger partial charge in [-0.25, -0.2) is 0 Å². The number of pyridine rings is 1. The van der Waals surface area contributed by atoms with E-state index in [2.05, 4.69) is 4.98 Å². The number of hydrogen-bond acceptors (Lipinski definition) is 4. The third-order valence-corrected chi connectivity index (χ3v) is 4.07. The Bertz CT molecular complexity index is 868. The first kappa shape index (κ1) is 16.0. The fraction of sp³-hybridized carbons (Fsp3) is 0.200. The normalized spacial score (nSPS) is 10.6. The van der Waals surface area contributed by atoms with Crippen molar-refractivity contribution in [3.05, 3.63) is 65.9 Å². The quantitative estimate of drug-likeness (QED) is 0.642. The summed E-state index contributed by atoms with van der Waals surface area (Å²) in [6.07, 6.45) is 2.90. The van der Waals surface area contributed by atoms with Crippen molar-refractivity contribution in [1.29, 1.82) is 0 Å². The highest BCUT2D eigenvalue weighted by atomic mass is 16.5. The third-order valence-electron chi connectivity index (χ3n) is 4.07. The van der Waals surface area contributed by atoms with Crippen molar-refractivity contribution in [2.45, 2.75) is 12.8 Å².